The number of rotatable bonds is 3. The summed E-state index contributed by atoms with van der Waals surface area (Å²) in [6, 6.07) is 6.11. The average Bonchev–Trinajstić information content (AvgIpc) is 3.39. The summed E-state index contributed by atoms with van der Waals surface area (Å²) in [4.78, 5) is 28.9. The number of thiazole rings is 2. The Morgan fingerprint density at radius 2 is 2.15 bits per heavy atom. The van der Waals surface area contributed by atoms with Crippen molar-refractivity contribution in [2.24, 2.45) is 0 Å². The van der Waals surface area contributed by atoms with Gasteiger partial charge in [-0.1, -0.05) is 6.07 Å². The van der Waals surface area contributed by atoms with E-state index in [-0.39, 0.29) is 11.9 Å². The highest BCUT2D eigenvalue weighted by molar-refractivity contribution is 7.16. The van der Waals surface area contributed by atoms with E-state index in [9.17, 15) is 4.79 Å². The van der Waals surface area contributed by atoms with Crippen molar-refractivity contribution in [1.29, 1.82) is 0 Å². The number of benzene rings is 1. The van der Waals surface area contributed by atoms with Crippen molar-refractivity contribution in [3.63, 3.8) is 0 Å². The van der Waals surface area contributed by atoms with Crippen LogP contribution in [0.4, 0.5) is 0 Å². The molecule has 0 bridgehead atoms. The Labute approximate surface area is 157 Å². The molecule has 4 heterocycles. The van der Waals surface area contributed by atoms with Crippen LogP contribution in [0.3, 0.4) is 0 Å². The number of hydrogen-bond acceptors (Lipinski definition) is 6. The average molecular weight is 381 g/mol. The van der Waals surface area contributed by atoms with Crippen molar-refractivity contribution in [3.05, 3.63) is 40.6 Å². The second-order valence-electron chi connectivity index (χ2n) is 6.33. The van der Waals surface area contributed by atoms with Crippen molar-refractivity contribution >= 4 is 38.8 Å². The molecule has 0 radical (unpaired) electrons. The third kappa shape index (κ3) is 2.62. The second kappa shape index (κ2) is 6.00. The van der Waals surface area contributed by atoms with Crippen LogP contribution >= 0.6 is 22.7 Å². The number of aryl methyl sites for hydroxylation is 1. The highest BCUT2D eigenvalue weighted by atomic mass is 32.1. The van der Waals surface area contributed by atoms with E-state index >= 15 is 0 Å². The number of aromatic amines is 1. The molecule has 8 heteroatoms. The molecule has 4 aromatic rings. The number of H-pyrrole nitrogens is 1. The Bertz CT molecular complexity index is 1130. The highest BCUT2D eigenvalue weighted by Crippen LogP contribution is 2.36. The van der Waals surface area contributed by atoms with E-state index in [1.807, 2.05) is 29.9 Å². The third-order valence-electron chi connectivity index (χ3n) is 4.49. The Kier molecular flexibility index (Phi) is 3.61. The fourth-order valence-electron chi connectivity index (χ4n) is 3.21. The Hall–Kier alpha value is -2.58. The van der Waals surface area contributed by atoms with Gasteiger partial charge in [-0.2, -0.15) is 0 Å². The van der Waals surface area contributed by atoms with Crippen LogP contribution in [0, 0.1) is 6.92 Å². The number of carbonyl (C=O) groups excluding carboxylic acids is 1. The van der Waals surface area contributed by atoms with Gasteiger partial charge in [-0.3, -0.25) is 4.79 Å². The molecular weight excluding hydrogens is 366 g/mol. The third-order valence-corrected chi connectivity index (χ3v) is 6.25. The first-order valence-corrected chi connectivity index (χ1v) is 10.1. The van der Waals surface area contributed by atoms with Gasteiger partial charge in [-0.25, -0.2) is 15.0 Å². The molecule has 1 saturated heterocycles. The fraction of sp³-hybridized carbons (Fsp3) is 0.222. The summed E-state index contributed by atoms with van der Waals surface area (Å²) in [6.07, 6.45) is 1.30. The van der Waals surface area contributed by atoms with Gasteiger partial charge in [-0.15, -0.1) is 22.7 Å². The maximum Gasteiger partial charge on any atom is 0.220 e. The molecule has 0 spiro atoms. The topological polar surface area (TPSA) is 83.6 Å². The molecule has 1 aromatic carbocycles. The second-order valence-corrected chi connectivity index (χ2v) is 8.08. The van der Waals surface area contributed by atoms with Gasteiger partial charge in [0.05, 0.1) is 27.5 Å². The number of carbonyl (C=O) groups is 1. The predicted octanol–water partition coefficient (Wildman–Crippen LogP) is 4.07. The quantitative estimate of drug-likeness (QED) is 0.560. The van der Waals surface area contributed by atoms with Crippen LogP contribution in [0.25, 0.3) is 32.2 Å². The zero-order valence-electron chi connectivity index (χ0n) is 13.9. The molecule has 1 aliphatic rings. The molecule has 26 heavy (non-hydrogen) atoms. The Balaban J connectivity index is 1.66. The van der Waals surface area contributed by atoms with Crippen molar-refractivity contribution in [1.82, 2.24) is 25.3 Å². The molecule has 1 aliphatic heterocycles. The number of hydrogen-bond donors (Lipinski definition) is 2. The lowest BCUT2D eigenvalue weighted by Gasteiger charge is -2.04. The molecule has 0 saturated carbocycles. The molecule has 130 valence electrons. The lowest BCUT2D eigenvalue weighted by molar-refractivity contribution is -0.119. The number of fused-ring (bicyclic) bond motifs is 1. The number of amides is 1. The highest BCUT2D eigenvalue weighted by Gasteiger charge is 2.27. The number of nitrogens with one attached hydrogen (secondary N) is 2. The largest absolute Gasteiger partial charge is 0.346 e. The van der Waals surface area contributed by atoms with Gasteiger partial charge in [0, 0.05) is 23.1 Å². The van der Waals surface area contributed by atoms with Crippen molar-refractivity contribution in [3.8, 4) is 22.0 Å². The molecular formula is C18H15N5OS2. The van der Waals surface area contributed by atoms with Gasteiger partial charge in [0.2, 0.25) is 5.91 Å². The summed E-state index contributed by atoms with van der Waals surface area (Å²) in [5, 5.41) is 5.93. The van der Waals surface area contributed by atoms with E-state index < -0.39 is 0 Å². The predicted molar refractivity (Wildman–Crippen MR) is 103 cm³/mol. The van der Waals surface area contributed by atoms with Crippen LogP contribution < -0.4 is 5.32 Å². The maximum absolute atomic E-state index is 11.6. The van der Waals surface area contributed by atoms with E-state index in [1.165, 1.54) is 0 Å². The van der Waals surface area contributed by atoms with Gasteiger partial charge < -0.3 is 10.3 Å². The molecule has 0 aliphatic carbocycles. The number of aromatic nitrogens is 4. The Morgan fingerprint density at radius 3 is 2.92 bits per heavy atom. The van der Waals surface area contributed by atoms with Gasteiger partial charge in [0.25, 0.3) is 0 Å². The summed E-state index contributed by atoms with van der Waals surface area (Å²) in [7, 11) is 0. The summed E-state index contributed by atoms with van der Waals surface area (Å²) >= 11 is 3.21. The zero-order valence-corrected chi connectivity index (χ0v) is 15.6. The van der Waals surface area contributed by atoms with E-state index in [2.05, 4.69) is 26.3 Å². The minimum Gasteiger partial charge on any atom is -0.346 e. The van der Waals surface area contributed by atoms with E-state index in [0.717, 1.165) is 50.1 Å². The van der Waals surface area contributed by atoms with Gasteiger partial charge in [-0.05, 0) is 25.5 Å². The van der Waals surface area contributed by atoms with Crippen LogP contribution in [-0.2, 0) is 4.79 Å². The van der Waals surface area contributed by atoms with Crippen LogP contribution in [0.1, 0.15) is 30.4 Å². The first-order valence-electron chi connectivity index (χ1n) is 8.33. The molecule has 6 nitrogen and oxygen atoms in total. The van der Waals surface area contributed by atoms with Crippen LogP contribution in [-0.4, -0.2) is 25.8 Å². The summed E-state index contributed by atoms with van der Waals surface area (Å²) in [5.74, 6) is 0.865. The standard InChI is InChI=1S/C18H15N5OS2/c1-9-7-25-18(20-9)16-15(10-2-3-11-13(6-10)26-8-19-11)22-17(23-16)12-4-5-14(24)21-12/h2-3,6-8,12H,4-5H2,1H3,(H,21,24)(H,22,23)/t12-/m1/s1. The molecule has 1 amide bonds. The zero-order chi connectivity index (χ0) is 17.7. The van der Waals surface area contributed by atoms with Crippen molar-refractivity contribution in [2.45, 2.75) is 25.8 Å². The van der Waals surface area contributed by atoms with Gasteiger partial charge in [0.1, 0.15) is 16.5 Å². The van der Waals surface area contributed by atoms with Crippen molar-refractivity contribution in [2.75, 3.05) is 0 Å². The lowest BCUT2D eigenvalue weighted by Crippen LogP contribution is -2.19. The Morgan fingerprint density at radius 1 is 1.23 bits per heavy atom. The molecule has 1 atom stereocenters. The SMILES string of the molecule is Cc1csc(-c2[nH]c([C@H]3CCC(=O)N3)nc2-c2ccc3ncsc3c2)n1. The van der Waals surface area contributed by atoms with E-state index in [0.29, 0.717) is 6.42 Å². The van der Waals surface area contributed by atoms with Crippen molar-refractivity contribution < 1.29 is 4.79 Å². The fourth-order valence-corrected chi connectivity index (χ4v) is 4.72. The smallest absolute Gasteiger partial charge is 0.220 e. The van der Waals surface area contributed by atoms with Crippen LogP contribution in [0.15, 0.2) is 29.1 Å². The molecule has 2 N–H and O–H groups in total. The minimum atomic E-state index is -0.0665. The first-order chi connectivity index (χ1) is 12.7. The van der Waals surface area contributed by atoms with Crippen LogP contribution in [0.2, 0.25) is 0 Å². The normalized spacial score (nSPS) is 17.1. The summed E-state index contributed by atoms with van der Waals surface area (Å²) < 4.78 is 1.13. The molecule has 1 fully saturated rings. The van der Waals surface area contributed by atoms with Gasteiger partial charge >= 0.3 is 0 Å². The number of imidazole rings is 1. The minimum absolute atomic E-state index is 0.0665. The van der Waals surface area contributed by atoms with Gasteiger partial charge in [0.15, 0.2) is 0 Å². The lowest BCUT2D eigenvalue weighted by atomic mass is 10.1. The number of nitrogens with zero attached hydrogens (tertiary/aromatic N) is 3. The van der Waals surface area contributed by atoms with E-state index in [1.54, 1.807) is 22.7 Å². The van der Waals surface area contributed by atoms with E-state index in [4.69, 9.17) is 4.98 Å². The monoisotopic (exact) mass is 381 g/mol. The molecule has 3 aromatic heterocycles. The molecule has 5 rings (SSSR count). The first kappa shape index (κ1) is 15.7. The van der Waals surface area contributed by atoms with Crippen LogP contribution in [0.5, 0.6) is 0 Å². The maximum atomic E-state index is 11.6. The summed E-state index contributed by atoms with van der Waals surface area (Å²) in [5.41, 5.74) is 6.62. The summed E-state index contributed by atoms with van der Waals surface area (Å²) in [6.45, 7) is 1.98. The molecule has 0 unspecified atom stereocenters.